The van der Waals surface area contributed by atoms with Gasteiger partial charge in [0.2, 0.25) is 10.0 Å². The largest absolute Gasteiger partial charge is 0.492 e. The van der Waals surface area contributed by atoms with Crippen molar-refractivity contribution >= 4 is 43.4 Å². The van der Waals surface area contributed by atoms with E-state index in [1.54, 1.807) is 38.2 Å². The first-order valence-corrected chi connectivity index (χ1v) is 11.8. The number of hydrogen-bond acceptors (Lipinski definition) is 8. The van der Waals surface area contributed by atoms with Gasteiger partial charge in [0, 0.05) is 29.8 Å². The number of ether oxygens (including phenoxy) is 1. The molecule has 3 N–H and O–H groups in total. The molecule has 0 bridgehead atoms. The van der Waals surface area contributed by atoms with Crippen LogP contribution in [0, 0.1) is 6.92 Å². The summed E-state index contributed by atoms with van der Waals surface area (Å²) in [5.41, 5.74) is 0. The highest BCUT2D eigenvalue weighted by Crippen LogP contribution is 2.27. The number of sulfonamides is 1. The monoisotopic (exact) mass is 506 g/mol. The number of anilines is 3. The lowest BCUT2D eigenvalue weighted by Gasteiger charge is -2.13. The minimum absolute atomic E-state index is 0.0865. The van der Waals surface area contributed by atoms with E-state index in [0.717, 1.165) is 0 Å². The zero-order valence-electron chi connectivity index (χ0n) is 17.1. The molecule has 3 aromatic rings. The predicted molar refractivity (Wildman–Crippen MR) is 123 cm³/mol. The van der Waals surface area contributed by atoms with Crippen molar-refractivity contribution in [2.24, 2.45) is 0 Å². The second-order valence-electron chi connectivity index (χ2n) is 6.37. The number of rotatable bonds is 10. The number of nitrogens with zero attached hydrogens (tertiary/aromatic N) is 3. The van der Waals surface area contributed by atoms with Gasteiger partial charge >= 0.3 is 0 Å². The molecule has 0 aliphatic heterocycles. The van der Waals surface area contributed by atoms with Crippen LogP contribution in [0.15, 0.2) is 58.0 Å². The minimum atomic E-state index is -3.75. The fourth-order valence-electron chi connectivity index (χ4n) is 2.71. The molecule has 0 spiro atoms. The Morgan fingerprint density at radius 1 is 1.03 bits per heavy atom. The number of benzene rings is 1. The van der Waals surface area contributed by atoms with E-state index in [-0.39, 0.29) is 11.4 Å². The van der Waals surface area contributed by atoms with Crippen LogP contribution in [0.25, 0.3) is 0 Å². The molecule has 31 heavy (non-hydrogen) atoms. The number of pyridine rings is 1. The maximum Gasteiger partial charge on any atom is 0.244 e. The highest BCUT2D eigenvalue weighted by Gasteiger charge is 2.19. The predicted octanol–water partition coefficient (Wildman–Crippen LogP) is 3.48. The van der Waals surface area contributed by atoms with Gasteiger partial charge in [-0.2, -0.15) is 0 Å². The molecule has 0 radical (unpaired) electrons. The van der Waals surface area contributed by atoms with Gasteiger partial charge in [0.25, 0.3) is 0 Å². The van der Waals surface area contributed by atoms with Gasteiger partial charge in [-0.05, 0) is 44.2 Å². The summed E-state index contributed by atoms with van der Waals surface area (Å²) in [6, 6.07) is 12.1. The van der Waals surface area contributed by atoms with E-state index in [2.05, 4.69) is 46.2 Å². The lowest BCUT2D eigenvalue weighted by atomic mass is 10.3. The number of aromatic nitrogens is 3. The molecule has 11 heteroatoms. The molecule has 0 saturated carbocycles. The van der Waals surface area contributed by atoms with Crippen LogP contribution in [0.1, 0.15) is 12.7 Å². The fraction of sp³-hybridized carbons (Fsp3) is 0.250. The second kappa shape index (κ2) is 10.5. The lowest BCUT2D eigenvalue weighted by molar-refractivity contribution is 0.331. The standard InChI is InChI=1S/C20H23BrN6O3S/c1-3-30-16-8-7-15(21)12-17(16)31(28,29)24-11-10-23-19-13-20(26-14(2)25-19)27-18-6-4-5-9-22-18/h4-9,12-13,24H,3,10-11H2,1-2H3,(H2,22,23,25,26,27). The van der Waals surface area contributed by atoms with Crippen LogP contribution >= 0.6 is 15.9 Å². The van der Waals surface area contributed by atoms with Crippen molar-refractivity contribution in [3.8, 4) is 5.75 Å². The first kappa shape index (κ1) is 22.9. The van der Waals surface area contributed by atoms with Crippen molar-refractivity contribution < 1.29 is 13.2 Å². The molecule has 0 aliphatic rings. The SMILES string of the molecule is CCOc1ccc(Br)cc1S(=O)(=O)NCCNc1cc(Nc2ccccn2)nc(C)n1. The van der Waals surface area contributed by atoms with Gasteiger partial charge in [-0.25, -0.2) is 28.1 Å². The van der Waals surface area contributed by atoms with Crippen molar-refractivity contribution in [2.45, 2.75) is 18.7 Å². The first-order chi connectivity index (χ1) is 14.9. The molecular weight excluding hydrogens is 484 g/mol. The van der Waals surface area contributed by atoms with Crippen molar-refractivity contribution in [3.05, 3.63) is 59.0 Å². The molecule has 0 atom stereocenters. The van der Waals surface area contributed by atoms with Gasteiger partial charge in [-0.3, -0.25) is 0 Å². The molecular formula is C20H23BrN6O3S. The van der Waals surface area contributed by atoms with E-state index in [1.807, 2.05) is 18.2 Å². The molecule has 2 heterocycles. The van der Waals surface area contributed by atoms with E-state index in [9.17, 15) is 8.42 Å². The summed E-state index contributed by atoms with van der Waals surface area (Å²) >= 11 is 3.30. The van der Waals surface area contributed by atoms with E-state index in [4.69, 9.17) is 4.74 Å². The quantitative estimate of drug-likeness (QED) is 0.357. The number of nitrogens with one attached hydrogen (secondary N) is 3. The van der Waals surface area contributed by atoms with Crippen molar-refractivity contribution in [3.63, 3.8) is 0 Å². The Morgan fingerprint density at radius 3 is 2.58 bits per heavy atom. The van der Waals surface area contributed by atoms with Crippen LogP contribution in [0.4, 0.5) is 17.5 Å². The maximum absolute atomic E-state index is 12.7. The molecule has 0 aliphatic carbocycles. The molecule has 0 unspecified atom stereocenters. The van der Waals surface area contributed by atoms with Crippen molar-refractivity contribution in [1.29, 1.82) is 0 Å². The number of halogens is 1. The summed E-state index contributed by atoms with van der Waals surface area (Å²) in [6.45, 7) is 4.44. The summed E-state index contributed by atoms with van der Waals surface area (Å²) in [7, 11) is -3.75. The highest BCUT2D eigenvalue weighted by molar-refractivity contribution is 9.10. The zero-order valence-corrected chi connectivity index (χ0v) is 19.5. The summed E-state index contributed by atoms with van der Waals surface area (Å²) in [6.07, 6.45) is 1.68. The number of aryl methyl sites for hydroxylation is 1. The fourth-order valence-corrected chi connectivity index (χ4v) is 4.42. The van der Waals surface area contributed by atoms with Crippen molar-refractivity contribution in [2.75, 3.05) is 30.3 Å². The number of hydrogen-bond donors (Lipinski definition) is 3. The Labute approximate surface area is 189 Å². The Morgan fingerprint density at radius 2 is 1.84 bits per heavy atom. The Balaban J connectivity index is 1.61. The topological polar surface area (TPSA) is 118 Å². The third kappa shape index (κ3) is 6.61. The molecule has 0 fully saturated rings. The highest BCUT2D eigenvalue weighted by atomic mass is 79.9. The van der Waals surface area contributed by atoms with Crippen LogP contribution in [0.2, 0.25) is 0 Å². The summed E-state index contributed by atoms with van der Waals surface area (Å²) in [5.74, 6) is 2.70. The van der Waals surface area contributed by atoms with E-state index >= 15 is 0 Å². The summed E-state index contributed by atoms with van der Waals surface area (Å²) in [4.78, 5) is 13.0. The Hall–Kier alpha value is -2.76. The van der Waals surface area contributed by atoms with E-state index < -0.39 is 10.0 Å². The summed E-state index contributed by atoms with van der Waals surface area (Å²) in [5, 5.41) is 6.22. The molecule has 1 aromatic carbocycles. The van der Waals surface area contributed by atoms with Gasteiger partial charge in [-0.15, -0.1) is 0 Å². The van der Waals surface area contributed by atoms with Crippen LogP contribution in [-0.4, -0.2) is 43.1 Å². The molecule has 2 aromatic heterocycles. The zero-order chi connectivity index (χ0) is 22.3. The molecule has 164 valence electrons. The first-order valence-electron chi connectivity index (χ1n) is 9.57. The summed E-state index contributed by atoms with van der Waals surface area (Å²) < 4.78 is 34.1. The third-order valence-electron chi connectivity index (χ3n) is 3.98. The average molecular weight is 507 g/mol. The average Bonchev–Trinajstić information content (AvgIpc) is 2.73. The van der Waals surface area contributed by atoms with Crippen LogP contribution in [-0.2, 0) is 10.0 Å². The van der Waals surface area contributed by atoms with Gasteiger partial charge in [-0.1, -0.05) is 22.0 Å². The maximum atomic E-state index is 12.7. The van der Waals surface area contributed by atoms with Crippen LogP contribution in [0.5, 0.6) is 5.75 Å². The third-order valence-corrected chi connectivity index (χ3v) is 5.95. The normalized spacial score (nSPS) is 11.2. The van der Waals surface area contributed by atoms with Crippen LogP contribution < -0.4 is 20.1 Å². The second-order valence-corrected chi connectivity index (χ2v) is 9.03. The van der Waals surface area contributed by atoms with E-state index in [1.165, 1.54) is 6.07 Å². The Bertz CT molecular complexity index is 1130. The van der Waals surface area contributed by atoms with Gasteiger partial charge in [0.15, 0.2) is 0 Å². The lowest BCUT2D eigenvalue weighted by Crippen LogP contribution is -2.29. The van der Waals surface area contributed by atoms with Gasteiger partial charge < -0.3 is 15.4 Å². The van der Waals surface area contributed by atoms with Crippen molar-refractivity contribution in [1.82, 2.24) is 19.7 Å². The molecule has 0 saturated heterocycles. The van der Waals surface area contributed by atoms with E-state index in [0.29, 0.717) is 46.7 Å². The van der Waals surface area contributed by atoms with Gasteiger partial charge in [0.05, 0.1) is 6.61 Å². The van der Waals surface area contributed by atoms with Gasteiger partial charge in [0.1, 0.15) is 33.9 Å². The smallest absolute Gasteiger partial charge is 0.244 e. The Kier molecular flexibility index (Phi) is 7.77. The molecule has 0 amide bonds. The van der Waals surface area contributed by atoms with Crippen LogP contribution in [0.3, 0.4) is 0 Å². The minimum Gasteiger partial charge on any atom is -0.492 e. The molecule has 9 nitrogen and oxygen atoms in total. The molecule has 3 rings (SSSR count).